The van der Waals surface area contributed by atoms with Crippen molar-refractivity contribution in [1.82, 2.24) is 5.32 Å². The summed E-state index contributed by atoms with van der Waals surface area (Å²) in [5.74, 6) is -0.124. The molecule has 1 nitrogen and oxygen atoms in total. The highest BCUT2D eigenvalue weighted by atomic mass is 127. The smallest absolute Gasteiger partial charge is 0.126 e. The summed E-state index contributed by atoms with van der Waals surface area (Å²) in [7, 11) is 0. The molecule has 0 aliphatic carbocycles. The van der Waals surface area contributed by atoms with E-state index in [1.165, 1.54) is 15.2 Å². The second kappa shape index (κ2) is 7.74. The van der Waals surface area contributed by atoms with Crippen LogP contribution in [-0.4, -0.2) is 6.54 Å². The number of hydrogen-bond acceptors (Lipinski definition) is 1. The zero-order chi connectivity index (χ0) is 14.4. The molecule has 106 valence electrons. The molecular weight excluding hydrogens is 364 g/mol. The third kappa shape index (κ3) is 4.28. The predicted octanol–water partition coefficient (Wildman–Crippen LogP) is 4.71. The van der Waals surface area contributed by atoms with Gasteiger partial charge in [0.2, 0.25) is 0 Å². The van der Waals surface area contributed by atoms with Crippen molar-refractivity contribution in [3.05, 3.63) is 69.0 Å². The lowest BCUT2D eigenvalue weighted by Gasteiger charge is -2.20. The van der Waals surface area contributed by atoms with Crippen molar-refractivity contribution in [1.29, 1.82) is 0 Å². The number of nitrogens with one attached hydrogen (secondary N) is 1. The second-order valence-corrected chi connectivity index (χ2v) is 6.10. The van der Waals surface area contributed by atoms with Crippen LogP contribution in [-0.2, 0) is 6.42 Å². The Balaban J connectivity index is 2.21. The van der Waals surface area contributed by atoms with Gasteiger partial charge in [-0.1, -0.05) is 37.3 Å². The highest BCUT2D eigenvalue weighted by molar-refractivity contribution is 14.1. The molecule has 1 unspecified atom stereocenters. The van der Waals surface area contributed by atoms with Gasteiger partial charge in [-0.2, -0.15) is 0 Å². The molecule has 0 saturated heterocycles. The quantitative estimate of drug-likeness (QED) is 0.713. The maximum absolute atomic E-state index is 13.8. The highest BCUT2D eigenvalue weighted by Gasteiger charge is 2.13. The summed E-state index contributed by atoms with van der Waals surface area (Å²) in [4.78, 5) is 0. The standard InChI is InChI=1S/C17H19FIN/c1-2-10-20-17(14-7-5-8-15(19)11-14)12-13-6-3-4-9-16(13)18/h3-9,11,17,20H,2,10,12H2,1H3. The Morgan fingerprint density at radius 1 is 1.15 bits per heavy atom. The first-order valence-corrected chi connectivity index (χ1v) is 8.01. The van der Waals surface area contributed by atoms with Crippen LogP contribution >= 0.6 is 22.6 Å². The zero-order valence-corrected chi connectivity index (χ0v) is 13.7. The molecule has 0 aliphatic rings. The molecule has 2 aromatic carbocycles. The molecule has 0 spiro atoms. The van der Waals surface area contributed by atoms with E-state index in [1.807, 2.05) is 12.1 Å². The van der Waals surface area contributed by atoms with Gasteiger partial charge in [0.1, 0.15) is 5.82 Å². The van der Waals surface area contributed by atoms with Crippen molar-refractivity contribution in [2.24, 2.45) is 0 Å². The van der Waals surface area contributed by atoms with E-state index in [2.05, 4.69) is 59.1 Å². The van der Waals surface area contributed by atoms with Gasteiger partial charge in [-0.05, 0) is 71.3 Å². The Morgan fingerprint density at radius 3 is 2.65 bits per heavy atom. The van der Waals surface area contributed by atoms with E-state index >= 15 is 0 Å². The summed E-state index contributed by atoms with van der Waals surface area (Å²) in [6.45, 7) is 3.08. The van der Waals surface area contributed by atoms with E-state index in [9.17, 15) is 4.39 Å². The molecule has 0 saturated carbocycles. The second-order valence-electron chi connectivity index (χ2n) is 4.86. The van der Waals surface area contributed by atoms with Crippen LogP contribution in [0, 0.1) is 9.39 Å². The molecule has 20 heavy (non-hydrogen) atoms. The normalized spacial score (nSPS) is 12.3. The molecule has 0 bridgehead atoms. The molecule has 0 amide bonds. The minimum absolute atomic E-state index is 0.124. The number of rotatable bonds is 6. The van der Waals surface area contributed by atoms with Gasteiger partial charge in [-0.3, -0.25) is 0 Å². The SMILES string of the molecule is CCCNC(Cc1ccccc1F)c1cccc(I)c1. The zero-order valence-electron chi connectivity index (χ0n) is 11.6. The lowest BCUT2D eigenvalue weighted by molar-refractivity contribution is 0.513. The summed E-state index contributed by atoms with van der Waals surface area (Å²) in [6, 6.07) is 15.6. The van der Waals surface area contributed by atoms with E-state index in [4.69, 9.17) is 0 Å². The van der Waals surface area contributed by atoms with Gasteiger partial charge in [-0.25, -0.2) is 4.39 Å². The summed E-state index contributed by atoms with van der Waals surface area (Å²) >= 11 is 2.31. The van der Waals surface area contributed by atoms with Gasteiger partial charge >= 0.3 is 0 Å². The Hall–Kier alpha value is -0.940. The van der Waals surface area contributed by atoms with Gasteiger partial charge in [0.05, 0.1) is 0 Å². The third-order valence-corrected chi connectivity index (χ3v) is 3.94. The van der Waals surface area contributed by atoms with Crippen LogP contribution in [0.1, 0.15) is 30.5 Å². The summed E-state index contributed by atoms with van der Waals surface area (Å²) < 4.78 is 15.0. The van der Waals surface area contributed by atoms with E-state index in [0.29, 0.717) is 6.42 Å². The highest BCUT2D eigenvalue weighted by Crippen LogP contribution is 2.21. The van der Waals surface area contributed by atoms with Crippen molar-refractivity contribution in [3.8, 4) is 0 Å². The van der Waals surface area contributed by atoms with E-state index in [0.717, 1.165) is 18.5 Å². The Kier molecular flexibility index (Phi) is 5.98. The first-order valence-electron chi connectivity index (χ1n) is 6.93. The van der Waals surface area contributed by atoms with Gasteiger partial charge in [0.15, 0.2) is 0 Å². The van der Waals surface area contributed by atoms with Crippen molar-refractivity contribution < 1.29 is 4.39 Å². The summed E-state index contributed by atoms with van der Waals surface area (Å²) in [6.07, 6.45) is 1.74. The van der Waals surface area contributed by atoms with Crippen LogP contribution in [0.5, 0.6) is 0 Å². The van der Waals surface area contributed by atoms with Crippen molar-refractivity contribution >= 4 is 22.6 Å². The van der Waals surface area contributed by atoms with Gasteiger partial charge in [0, 0.05) is 9.61 Å². The Morgan fingerprint density at radius 2 is 1.95 bits per heavy atom. The topological polar surface area (TPSA) is 12.0 Å². The maximum atomic E-state index is 13.8. The van der Waals surface area contributed by atoms with E-state index in [1.54, 1.807) is 6.07 Å². The molecule has 0 radical (unpaired) electrons. The van der Waals surface area contributed by atoms with Crippen LogP contribution in [0.4, 0.5) is 4.39 Å². The molecule has 3 heteroatoms. The van der Waals surface area contributed by atoms with Crippen LogP contribution in [0.2, 0.25) is 0 Å². The molecule has 1 N–H and O–H groups in total. The molecule has 0 aromatic heterocycles. The lowest BCUT2D eigenvalue weighted by Crippen LogP contribution is -2.24. The van der Waals surface area contributed by atoms with Crippen LogP contribution < -0.4 is 5.32 Å². The predicted molar refractivity (Wildman–Crippen MR) is 90.3 cm³/mol. The largest absolute Gasteiger partial charge is 0.310 e. The van der Waals surface area contributed by atoms with E-state index in [-0.39, 0.29) is 11.9 Å². The molecular formula is C17H19FIN. The maximum Gasteiger partial charge on any atom is 0.126 e. The van der Waals surface area contributed by atoms with Crippen molar-refractivity contribution in [2.45, 2.75) is 25.8 Å². The lowest BCUT2D eigenvalue weighted by atomic mass is 9.98. The minimum atomic E-state index is -0.124. The fourth-order valence-corrected chi connectivity index (χ4v) is 2.80. The fourth-order valence-electron chi connectivity index (χ4n) is 2.23. The van der Waals surface area contributed by atoms with Gasteiger partial charge in [0.25, 0.3) is 0 Å². The van der Waals surface area contributed by atoms with Crippen molar-refractivity contribution in [2.75, 3.05) is 6.54 Å². The average Bonchev–Trinajstić information content (AvgIpc) is 2.45. The van der Waals surface area contributed by atoms with E-state index < -0.39 is 0 Å². The Bertz CT molecular complexity index is 556. The van der Waals surface area contributed by atoms with Crippen LogP contribution in [0.3, 0.4) is 0 Å². The first kappa shape index (κ1) is 15.4. The summed E-state index contributed by atoms with van der Waals surface area (Å²) in [5, 5.41) is 3.52. The molecule has 2 aromatic rings. The van der Waals surface area contributed by atoms with Gasteiger partial charge in [-0.15, -0.1) is 0 Å². The molecule has 0 heterocycles. The molecule has 1 atom stereocenters. The Labute approximate surface area is 133 Å². The first-order chi connectivity index (χ1) is 9.70. The number of halogens is 2. The number of hydrogen-bond donors (Lipinski definition) is 1. The molecule has 0 aliphatic heterocycles. The number of benzene rings is 2. The summed E-state index contributed by atoms with van der Waals surface area (Å²) in [5.41, 5.74) is 1.98. The fraction of sp³-hybridized carbons (Fsp3) is 0.294. The average molecular weight is 383 g/mol. The molecule has 2 rings (SSSR count). The van der Waals surface area contributed by atoms with Crippen LogP contribution in [0.25, 0.3) is 0 Å². The third-order valence-electron chi connectivity index (χ3n) is 3.27. The molecule has 0 fully saturated rings. The van der Waals surface area contributed by atoms with Crippen molar-refractivity contribution in [3.63, 3.8) is 0 Å². The van der Waals surface area contributed by atoms with Gasteiger partial charge < -0.3 is 5.32 Å². The monoisotopic (exact) mass is 383 g/mol. The minimum Gasteiger partial charge on any atom is -0.310 e. The van der Waals surface area contributed by atoms with Crippen LogP contribution in [0.15, 0.2) is 48.5 Å².